The average Bonchev–Trinajstić information content (AvgIpc) is 2.14. The lowest BCUT2D eigenvalue weighted by atomic mass is 9.95. The lowest BCUT2D eigenvalue weighted by Gasteiger charge is -2.22. The quantitative estimate of drug-likeness (QED) is 0.689. The lowest BCUT2D eigenvalue weighted by Crippen LogP contribution is -2.32. The van der Waals surface area contributed by atoms with Crippen molar-refractivity contribution in [2.75, 3.05) is 18.6 Å². The van der Waals surface area contributed by atoms with Gasteiger partial charge in [-0.15, -0.1) is 0 Å². The summed E-state index contributed by atoms with van der Waals surface area (Å²) in [7, 11) is -0.612. The second-order valence-electron chi connectivity index (χ2n) is 3.92. The minimum absolute atomic E-state index is 0.612. The molecule has 1 saturated carbocycles. The van der Waals surface area contributed by atoms with Gasteiger partial charge in [0.25, 0.3) is 0 Å². The molecule has 78 valence electrons. The highest BCUT2D eigenvalue weighted by atomic mass is 32.2. The molecule has 1 atom stereocenters. The maximum atomic E-state index is 10.8. The van der Waals surface area contributed by atoms with Gasteiger partial charge < -0.3 is 5.32 Å². The van der Waals surface area contributed by atoms with Gasteiger partial charge in [-0.05, 0) is 25.8 Å². The summed E-state index contributed by atoms with van der Waals surface area (Å²) in [5, 5.41) is 3.54. The molecule has 1 rings (SSSR count). The number of hydrogen-bond acceptors (Lipinski definition) is 2. The van der Waals surface area contributed by atoms with Gasteiger partial charge in [-0.3, -0.25) is 4.21 Å². The lowest BCUT2D eigenvalue weighted by molar-refractivity contribution is 0.374. The molecule has 0 heterocycles. The third kappa shape index (κ3) is 5.42. The molecule has 0 aliphatic heterocycles. The van der Waals surface area contributed by atoms with E-state index in [2.05, 4.69) is 5.32 Å². The second-order valence-corrected chi connectivity index (χ2v) is 5.47. The Balaban J connectivity index is 1.95. The molecule has 0 aromatic carbocycles. The Hall–Kier alpha value is 0.110. The van der Waals surface area contributed by atoms with E-state index < -0.39 is 10.8 Å². The predicted molar refractivity (Wildman–Crippen MR) is 58.4 cm³/mol. The van der Waals surface area contributed by atoms with Gasteiger partial charge >= 0.3 is 0 Å². The van der Waals surface area contributed by atoms with E-state index in [1.165, 1.54) is 32.1 Å². The van der Waals surface area contributed by atoms with Crippen LogP contribution in [0.15, 0.2) is 0 Å². The van der Waals surface area contributed by atoms with Crippen LogP contribution in [0.2, 0.25) is 0 Å². The third-order valence-corrected chi connectivity index (χ3v) is 3.51. The highest BCUT2D eigenvalue weighted by Gasteiger charge is 2.11. The summed E-state index contributed by atoms with van der Waals surface area (Å²) in [6.07, 6.45) is 9.70. The van der Waals surface area contributed by atoms with Crippen LogP contribution < -0.4 is 5.32 Å². The van der Waals surface area contributed by atoms with Crippen molar-refractivity contribution in [1.82, 2.24) is 5.32 Å². The standard InChI is InChI=1S/C10H21NOS/c1-13(12)9-5-8-11-10-6-3-2-4-7-10/h10-11H,2-9H2,1H3. The molecule has 3 heteroatoms. The van der Waals surface area contributed by atoms with Crippen molar-refractivity contribution in [3.63, 3.8) is 0 Å². The van der Waals surface area contributed by atoms with E-state index in [0.717, 1.165) is 24.8 Å². The van der Waals surface area contributed by atoms with Crippen molar-refractivity contribution in [1.29, 1.82) is 0 Å². The van der Waals surface area contributed by atoms with Gasteiger partial charge in [-0.25, -0.2) is 0 Å². The molecule has 1 aliphatic carbocycles. The highest BCUT2D eigenvalue weighted by Crippen LogP contribution is 2.17. The van der Waals surface area contributed by atoms with Crippen LogP contribution in [0.1, 0.15) is 38.5 Å². The Morgan fingerprint density at radius 2 is 2.00 bits per heavy atom. The zero-order valence-electron chi connectivity index (χ0n) is 8.55. The van der Waals surface area contributed by atoms with Gasteiger partial charge in [0.15, 0.2) is 0 Å². The molecule has 0 radical (unpaired) electrons. The van der Waals surface area contributed by atoms with Gasteiger partial charge in [-0.2, -0.15) is 0 Å². The van der Waals surface area contributed by atoms with E-state index in [9.17, 15) is 4.21 Å². The van der Waals surface area contributed by atoms with E-state index in [4.69, 9.17) is 0 Å². The molecule has 0 bridgehead atoms. The summed E-state index contributed by atoms with van der Waals surface area (Å²) in [6.45, 7) is 1.05. The molecule has 1 unspecified atom stereocenters. The Labute approximate surface area is 83.9 Å². The fourth-order valence-electron chi connectivity index (χ4n) is 1.89. The van der Waals surface area contributed by atoms with Gasteiger partial charge in [0.2, 0.25) is 0 Å². The molecule has 0 saturated heterocycles. The van der Waals surface area contributed by atoms with E-state index >= 15 is 0 Å². The molecular weight excluding hydrogens is 182 g/mol. The van der Waals surface area contributed by atoms with Gasteiger partial charge in [0.1, 0.15) is 0 Å². The highest BCUT2D eigenvalue weighted by molar-refractivity contribution is 7.84. The zero-order valence-corrected chi connectivity index (χ0v) is 9.37. The topological polar surface area (TPSA) is 29.1 Å². The van der Waals surface area contributed by atoms with Gasteiger partial charge in [0.05, 0.1) is 0 Å². The van der Waals surface area contributed by atoms with E-state index in [0.29, 0.717) is 0 Å². The molecular formula is C10H21NOS. The Morgan fingerprint density at radius 3 is 2.62 bits per heavy atom. The summed E-state index contributed by atoms with van der Waals surface area (Å²) in [5.41, 5.74) is 0. The SMILES string of the molecule is CS(=O)CCCNC1CCCCC1. The van der Waals surface area contributed by atoms with Crippen molar-refractivity contribution in [2.24, 2.45) is 0 Å². The molecule has 0 aromatic heterocycles. The summed E-state index contributed by atoms with van der Waals surface area (Å²) in [6, 6.07) is 0.749. The minimum atomic E-state index is -0.612. The van der Waals surface area contributed by atoms with Gasteiger partial charge in [0, 0.05) is 28.9 Å². The maximum Gasteiger partial charge on any atom is 0.0244 e. The molecule has 0 amide bonds. The number of hydrogen-bond donors (Lipinski definition) is 1. The Morgan fingerprint density at radius 1 is 1.31 bits per heavy atom. The monoisotopic (exact) mass is 203 g/mol. The molecule has 13 heavy (non-hydrogen) atoms. The predicted octanol–water partition coefficient (Wildman–Crippen LogP) is 1.68. The van der Waals surface area contributed by atoms with Crippen LogP contribution in [-0.4, -0.2) is 28.8 Å². The van der Waals surface area contributed by atoms with E-state index in [1.54, 1.807) is 6.26 Å². The maximum absolute atomic E-state index is 10.8. The molecule has 1 N–H and O–H groups in total. The summed E-state index contributed by atoms with van der Waals surface area (Å²) < 4.78 is 10.8. The molecule has 0 aromatic rings. The first-order valence-electron chi connectivity index (χ1n) is 5.32. The first-order chi connectivity index (χ1) is 6.29. The molecule has 2 nitrogen and oxygen atoms in total. The average molecular weight is 203 g/mol. The first-order valence-corrected chi connectivity index (χ1v) is 7.05. The van der Waals surface area contributed by atoms with Crippen LogP contribution in [0, 0.1) is 0 Å². The van der Waals surface area contributed by atoms with Crippen LogP contribution in [0.3, 0.4) is 0 Å². The van der Waals surface area contributed by atoms with Gasteiger partial charge in [-0.1, -0.05) is 19.3 Å². The van der Waals surface area contributed by atoms with Crippen LogP contribution in [0.4, 0.5) is 0 Å². The van der Waals surface area contributed by atoms with Crippen LogP contribution in [-0.2, 0) is 10.8 Å². The van der Waals surface area contributed by atoms with Crippen molar-refractivity contribution < 1.29 is 4.21 Å². The fraction of sp³-hybridized carbons (Fsp3) is 1.00. The zero-order chi connectivity index (χ0) is 9.52. The van der Waals surface area contributed by atoms with Crippen molar-refractivity contribution in [3.8, 4) is 0 Å². The Bertz CT molecular complexity index is 155. The van der Waals surface area contributed by atoms with Crippen LogP contribution >= 0.6 is 0 Å². The summed E-state index contributed by atoms with van der Waals surface area (Å²) in [5.74, 6) is 0.847. The fourth-order valence-corrected chi connectivity index (χ4v) is 2.44. The number of nitrogens with one attached hydrogen (secondary N) is 1. The smallest absolute Gasteiger partial charge is 0.0244 e. The second kappa shape index (κ2) is 6.55. The largest absolute Gasteiger partial charge is 0.314 e. The molecule has 1 aliphatic rings. The van der Waals surface area contributed by atoms with Crippen LogP contribution in [0.5, 0.6) is 0 Å². The van der Waals surface area contributed by atoms with Crippen molar-refractivity contribution >= 4 is 10.8 Å². The Kier molecular flexibility index (Phi) is 5.63. The summed E-state index contributed by atoms with van der Waals surface area (Å²) >= 11 is 0. The normalized spacial score (nSPS) is 21.6. The first kappa shape index (κ1) is 11.2. The minimum Gasteiger partial charge on any atom is -0.314 e. The molecule has 1 fully saturated rings. The van der Waals surface area contributed by atoms with Crippen molar-refractivity contribution in [2.45, 2.75) is 44.6 Å². The van der Waals surface area contributed by atoms with Crippen molar-refractivity contribution in [3.05, 3.63) is 0 Å². The van der Waals surface area contributed by atoms with Crippen LogP contribution in [0.25, 0.3) is 0 Å². The number of rotatable bonds is 5. The van der Waals surface area contributed by atoms with E-state index in [1.807, 2.05) is 0 Å². The summed E-state index contributed by atoms with van der Waals surface area (Å²) in [4.78, 5) is 0. The van der Waals surface area contributed by atoms with E-state index in [-0.39, 0.29) is 0 Å². The molecule has 0 spiro atoms. The third-order valence-electron chi connectivity index (χ3n) is 2.65.